The molecule has 110 valence electrons. The fourth-order valence-corrected chi connectivity index (χ4v) is 3.91. The Kier molecular flexibility index (Phi) is 3.38. The van der Waals surface area contributed by atoms with Crippen LogP contribution in [0.15, 0.2) is 24.3 Å². The lowest BCUT2D eigenvalue weighted by molar-refractivity contribution is -0.216. The van der Waals surface area contributed by atoms with Gasteiger partial charge in [0, 0.05) is 5.56 Å². The van der Waals surface area contributed by atoms with Gasteiger partial charge < -0.3 is 9.84 Å². The van der Waals surface area contributed by atoms with E-state index in [0.29, 0.717) is 11.5 Å². The summed E-state index contributed by atoms with van der Waals surface area (Å²) in [6.45, 7) is 6.18. The van der Waals surface area contributed by atoms with E-state index < -0.39 is 0 Å². The van der Waals surface area contributed by atoms with Crippen molar-refractivity contribution in [2.24, 2.45) is 17.8 Å². The van der Waals surface area contributed by atoms with Gasteiger partial charge >= 0.3 is 0 Å². The Balaban J connectivity index is 2.00. The fraction of sp³-hybridized carbons (Fsp3) is 0.647. The number of aliphatic hydroxyl groups is 1. The fourth-order valence-electron chi connectivity index (χ4n) is 3.91. The van der Waals surface area contributed by atoms with Crippen LogP contribution in [-0.4, -0.2) is 16.8 Å². The molecule has 1 aromatic carbocycles. The van der Waals surface area contributed by atoms with Crippen LogP contribution in [0.2, 0.25) is 0 Å². The minimum absolute atomic E-state index is 0.145. The van der Waals surface area contributed by atoms with E-state index in [0.717, 1.165) is 12.8 Å². The number of aliphatic hydroxyl groups excluding tert-OH is 1. The standard InChI is InChI=1S/C17H23FO2/c1-10-13-8-11(9-15(10)19)17(2,3)20-16(13)12-6-4-5-7-14(12)18/h4-7,10-11,13,15-16,19H,8-9H2,1-3H3/t10-,11-,13+,15-,16-/m0/s1. The predicted octanol–water partition coefficient (Wildman–Crippen LogP) is 3.70. The van der Waals surface area contributed by atoms with E-state index in [1.807, 2.05) is 12.1 Å². The van der Waals surface area contributed by atoms with Crippen LogP contribution in [0.25, 0.3) is 0 Å². The molecule has 2 nitrogen and oxygen atoms in total. The molecule has 0 aromatic heterocycles. The topological polar surface area (TPSA) is 29.5 Å². The van der Waals surface area contributed by atoms with Crippen molar-refractivity contribution in [2.75, 3.05) is 0 Å². The quantitative estimate of drug-likeness (QED) is 0.848. The summed E-state index contributed by atoms with van der Waals surface area (Å²) in [6, 6.07) is 6.85. The average Bonchev–Trinajstić information content (AvgIpc) is 2.39. The minimum atomic E-state index is -0.315. The van der Waals surface area contributed by atoms with Crippen LogP contribution in [0.3, 0.4) is 0 Å². The highest BCUT2D eigenvalue weighted by Crippen LogP contribution is 2.53. The monoisotopic (exact) mass is 278 g/mol. The summed E-state index contributed by atoms with van der Waals surface area (Å²) in [5.41, 5.74) is 0.315. The number of hydrogen-bond acceptors (Lipinski definition) is 2. The second-order valence-electron chi connectivity index (χ2n) is 6.92. The lowest BCUT2D eigenvalue weighted by Gasteiger charge is -2.53. The molecule has 0 unspecified atom stereocenters. The molecule has 2 fully saturated rings. The van der Waals surface area contributed by atoms with Gasteiger partial charge in [0.1, 0.15) is 5.82 Å². The first-order chi connectivity index (χ1) is 9.40. The lowest BCUT2D eigenvalue weighted by Crippen LogP contribution is -2.52. The molecule has 3 rings (SSSR count). The van der Waals surface area contributed by atoms with Gasteiger partial charge in [-0.3, -0.25) is 0 Å². The number of halogens is 1. The molecule has 1 saturated carbocycles. The van der Waals surface area contributed by atoms with Crippen LogP contribution in [0, 0.1) is 23.6 Å². The molecule has 1 aromatic rings. The normalized spacial score (nSPS) is 39.5. The van der Waals surface area contributed by atoms with Crippen molar-refractivity contribution in [3.8, 4) is 0 Å². The van der Waals surface area contributed by atoms with Crippen molar-refractivity contribution in [2.45, 2.75) is 51.4 Å². The molecule has 0 spiro atoms. The zero-order valence-electron chi connectivity index (χ0n) is 12.3. The van der Waals surface area contributed by atoms with Gasteiger partial charge in [0.2, 0.25) is 0 Å². The highest BCUT2D eigenvalue weighted by molar-refractivity contribution is 5.22. The first kappa shape index (κ1) is 14.0. The van der Waals surface area contributed by atoms with Crippen molar-refractivity contribution < 1.29 is 14.2 Å². The van der Waals surface area contributed by atoms with Crippen molar-refractivity contribution in [1.82, 2.24) is 0 Å². The Morgan fingerprint density at radius 1 is 1.25 bits per heavy atom. The molecule has 1 heterocycles. The number of ether oxygens (including phenoxy) is 1. The maximum atomic E-state index is 14.1. The van der Waals surface area contributed by atoms with E-state index in [-0.39, 0.29) is 35.5 Å². The SMILES string of the molecule is C[C@H]1[C@H]2C[C@@H](C[C@@H]1O)C(C)(C)O[C@H]2c1ccccc1F. The Bertz CT molecular complexity index is 500. The first-order valence-electron chi connectivity index (χ1n) is 7.50. The third-order valence-electron chi connectivity index (χ3n) is 5.38. The summed E-state index contributed by atoms with van der Waals surface area (Å²) in [7, 11) is 0. The Morgan fingerprint density at radius 2 is 1.95 bits per heavy atom. The van der Waals surface area contributed by atoms with Gasteiger partial charge in [0.25, 0.3) is 0 Å². The van der Waals surface area contributed by atoms with Gasteiger partial charge in [-0.15, -0.1) is 0 Å². The maximum Gasteiger partial charge on any atom is 0.129 e. The van der Waals surface area contributed by atoms with Crippen LogP contribution in [-0.2, 0) is 4.74 Å². The summed E-state index contributed by atoms with van der Waals surface area (Å²) < 4.78 is 20.4. The third kappa shape index (κ3) is 2.17. The molecule has 1 saturated heterocycles. The Morgan fingerprint density at radius 3 is 2.65 bits per heavy atom. The highest BCUT2D eigenvalue weighted by atomic mass is 19.1. The zero-order chi connectivity index (χ0) is 14.5. The van der Waals surface area contributed by atoms with Crippen molar-refractivity contribution in [3.05, 3.63) is 35.6 Å². The van der Waals surface area contributed by atoms with Gasteiger partial charge in [0.05, 0.1) is 17.8 Å². The Labute approximate surface area is 120 Å². The molecule has 1 N–H and O–H groups in total. The molecular formula is C17H23FO2. The van der Waals surface area contributed by atoms with Crippen molar-refractivity contribution in [3.63, 3.8) is 0 Å². The summed E-state index contributed by atoms with van der Waals surface area (Å²) in [6.07, 6.45) is 1.22. The zero-order valence-corrected chi connectivity index (χ0v) is 12.3. The van der Waals surface area contributed by atoms with Crippen LogP contribution < -0.4 is 0 Å². The molecule has 5 atom stereocenters. The molecule has 1 aliphatic carbocycles. The number of rotatable bonds is 1. The largest absolute Gasteiger partial charge is 0.393 e. The maximum absolute atomic E-state index is 14.1. The Hall–Kier alpha value is -0.930. The van der Waals surface area contributed by atoms with Crippen LogP contribution >= 0.6 is 0 Å². The van der Waals surface area contributed by atoms with E-state index in [1.165, 1.54) is 6.07 Å². The molecule has 3 heteroatoms. The first-order valence-corrected chi connectivity index (χ1v) is 7.50. The summed E-state index contributed by atoms with van der Waals surface area (Å²) in [5, 5.41) is 10.3. The van der Waals surface area contributed by atoms with Gasteiger partial charge in [0.15, 0.2) is 0 Å². The average molecular weight is 278 g/mol. The third-order valence-corrected chi connectivity index (χ3v) is 5.38. The minimum Gasteiger partial charge on any atom is -0.393 e. The predicted molar refractivity (Wildman–Crippen MR) is 75.7 cm³/mol. The molecule has 1 aliphatic heterocycles. The second-order valence-corrected chi connectivity index (χ2v) is 6.92. The smallest absolute Gasteiger partial charge is 0.129 e. The summed E-state index contributed by atoms with van der Waals surface area (Å²) in [5.74, 6) is 0.473. The van der Waals surface area contributed by atoms with Gasteiger partial charge in [-0.05, 0) is 50.5 Å². The number of hydrogen-bond donors (Lipinski definition) is 1. The molecule has 2 bridgehead atoms. The van der Waals surface area contributed by atoms with E-state index in [2.05, 4.69) is 20.8 Å². The van der Waals surface area contributed by atoms with E-state index in [9.17, 15) is 9.50 Å². The van der Waals surface area contributed by atoms with Gasteiger partial charge in [-0.1, -0.05) is 25.1 Å². The summed E-state index contributed by atoms with van der Waals surface area (Å²) in [4.78, 5) is 0. The van der Waals surface area contributed by atoms with E-state index in [1.54, 1.807) is 6.07 Å². The molecule has 2 aliphatic rings. The molecule has 0 amide bonds. The second kappa shape index (κ2) is 4.81. The van der Waals surface area contributed by atoms with Crippen molar-refractivity contribution >= 4 is 0 Å². The molecule has 0 radical (unpaired) electrons. The number of fused-ring (bicyclic) bond motifs is 2. The van der Waals surface area contributed by atoms with Gasteiger partial charge in [-0.2, -0.15) is 0 Å². The highest BCUT2D eigenvalue weighted by Gasteiger charge is 2.50. The van der Waals surface area contributed by atoms with Crippen LogP contribution in [0.1, 0.15) is 45.3 Å². The van der Waals surface area contributed by atoms with Crippen molar-refractivity contribution in [1.29, 1.82) is 0 Å². The lowest BCUT2D eigenvalue weighted by atomic mass is 9.63. The van der Waals surface area contributed by atoms with Crippen LogP contribution in [0.4, 0.5) is 4.39 Å². The van der Waals surface area contributed by atoms with Gasteiger partial charge in [-0.25, -0.2) is 4.39 Å². The number of benzene rings is 1. The van der Waals surface area contributed by atoms with Crippen LogP contribution in [0.5, 0.6) is 0 Å². The molecule has 20 heavy (non-hydrogen) atoms. The van der Waals surface area contributed by atoms with E-state index >= 15 is 0 Å². The van der Waals surface area contributed by atoms with E-state index in [4.69, 9.17) is 4.74 Å². The molecular weight excluding hydrogens is 255 g/mol. The summed E-state index contributed by atoms with van der Waals surface area (Å²) >= 11 is 0.